The van der Waals surface area contributed by atoms with Crippen LogP contribution >= 0.6 is 11.8 Å². The van der Waals surface area contributed by atoms with Crippen LogP contribution in [0.15, 0.2) is 36.2 Å². The van der Waals surface area contributed by atoms with Crippen molar-refractivity contribution in [3.63, 3.8) is 0 Å². The van der Waals surface area contributed by atoms with Crippen molar-refractivity contribution in [2.75, 3.05) is 12.3 Å². The Balaban J connectivity index is 2.06. The van der Waals surface area contributed by atoms with E-state index in [-0.39, 0.29) is 11.0 Å². The Morgan fingerprint density at radius 3 is 2.62 bits per heavy atom. The molecule has 6 nitrogen and oxygen atoms in total. The number of carbonyl (C=O) groups excluding carboxylic acids is 2. The van der Waals surface area contributed by atoms with Crippen molar-refractivity contribution >= 4 is 28.8 Å². The van der Waals surface area contributed by atoms with Crippen LogP contribution in [-0.2, 0) is 20.8 Å². The van der Waals surface area contributed by atoms with E-state index in [2.05, 4.69) is 4.98 Å². The number of nitrogens with zero attached hydrogens (tertiary/aromatic N) is 2. The summed E-state index contributed by atoms with van der Waals surface area (Å²) >= 11 is 1.08. The fraction of sp³-hybridized carbons (Fsp3) is 0.412. The number of aromatic nitrogens is 1. The zero-order chi connectivity index (χ0) is 17.7. The van der Waals surface area contributed by atoms with E-state index in [0.717, 1.165) is 22.9 Å². The molecule has 1 aliphatic rings. The predicted molar refractivity (Wildman–Crippen MR) is 91.5 cm³/mol. The van der Waals surface area contributed by atoms with Crippen molar-refractivity contribution < 1.29 is 19.5 Å². The molecule has 0 aliphatic carbocycles. The highest BCUT2D eigenvalue weighted by molar-refractivity contribution is 8.13. The Morgan fingerprint density at radius 2 is 2.04 bits per heavy atom. The molecule has 0 spiro atoms. The highest BCUT2D eigenvalue weighted by atomic mass is 32.2. The molecule has 1 N–H and O–H groups in total. The second-order valence-corrected chi connectivity index (χ2v) is 7.01. The van der Waals surface area contributed by atoms with Crippen LogP contribution in [0, 0.1) is 5.92 Å². The first kappa shape index (κ1) is 18.2. The fourth-order valence-electron chi connectivity index (χ4n) is 2.58. The molecule has 2 atom stereocenters. The van der Waals surface area contributed by atoms with Gasteiger partial charge < -0.3 is 10.0 Å². The van der Waals surface area contributed by atoms with Gasteiger partial charge in [0.1, 0.15) is 6.04 Å². The molecule has 1 aliphatic heterocycles. The number of aliphatic carboxylic acids is 1. The minimum Gasteiger partial charge on any atom is -0.479 e. The smallest absolute Gasteiger partial charge is 0.330 e. The molecule has 1 aromatic heterocycles. The predicted octanol–water partition coefficient (Wildman–Crippen LogP) is 1.76. The van der Waals surface area contributed by atoms with Gasteiger partial charge in [-0.05, 0) is 35.8 Å². The zero-order valence-corrected chi connectivity index (χ0v) is 14.5. The van der Waals surface area contributed by atoms with Crippen LogP contribution in [-0.4, -0.2) is 50.3 Å². The first-order valence-corrected chi connectivity index (χ1v) is 8.62. The molecule has 7 heteroatoms. The van der Waals surface area contributed by atoms with Crippen molar-refractivity contribution in [3.8, 4) is 0 Å². The minimum absolute atomic E-state index is 0.0534. The Bertz CT molecular complexity index is 660. The van der Waals surface area contributed by atoms with Gasteiger partial charge in [0, 0.05) is 37.5 Å². The second kappa shape index (κ2) is 8.10. The highest BCUT2D eigenvalue weighted by Crippen LogP contribution is 2.23. The molecule has 0 saturated carbocycles. The van der Waals surface area contributed by atoms with Crippen molar-refractivity contribution in [2.45, 2.75) is 26.3 Å². The maximum absolute atomic E-state index is 12.6. The largest absolute Gasteiger partial charge is 0.479 e. The van der Waals surface area contributed by atoms with E-state index in [1.807, 2.05) is 12.1 Å². The van der Waals surface area contributed by atoms with E-state index in [0.29, 0.717) is 18.7 Å². The number of pyridine rings is 1. The standard InChI is InChI=1S/C17H20N2O4S/c1-11(10-24-12(2)20)16(21)19-9-14(8-15(19)17(22)23)7-13-3-5-18-6-4-13/h3-6,8,11,15H,7,9-10H2,1-2H3,(H,22,23). The topological polar surface area (TPSA) is 87.6 Å². The Kier molecular flexibility index (Phi) is 6.14. The van der Waals surface area contributed by atoms with Gasteiger partial charge in [-0.2, -0.15) is 0 Å². The summed E-state index contributed by atoms with van der Waals surface area (Å²) in [5.41, 5.74) is 1.92. The summed E-state index contributed by atoms with van der Waals surface area (Å²) in [7, 11) is 0. The molecule has 0 aromatic carbocycles. The van der Waals surface area contributed by atoms with Crippen LogP contribution in [0.2, 0.25) is 0 Å². The molecule has 0 saturated heterocycles. The highest BCUT2D eigenvalue weighted by Gasteiger charge is 2.35. The van der Waals surface area contributed by atoms with Gasteiger partial charge in [0.25, 0.3) is 0 Å². The number of rotatable bonds is 6. The molecular weight excluding hydrogens is 328 g/mol. The second-order valence-electron chi connectivity index (χ2n) is 5.81. The van der Waals surface area contributed by atoms with Crippen LogP contribution in [0.4, 0.5) is 0 Å². The summed E-state index contributed by atoms with van der Waals surface area (Å²) < 4.78 is 0. The molecule has 2 heterocycles. The van der Waals surface area contributed by atoms with Gasteiger partial charge >= 0.3 is 5.97 Å². The Labute approximate surface area is 144 Å². The van der Waals surface area contributed by atoms with Crippen molar-refractivity contribution in [1.82, 2.24) is 9.88 Å². The number of thioether (sulfide) groups is 1. The van der Waals surface area contributed by atoms with Gasteiger partial charge in [-0.15, -0.1) is 0 Å². The van der Waals surface area contributed by atoms with Crippen molar-refractivity contribution in [2.24, 2.45) is 5.92 Å². The summed E-state index contributed by atoms with van der Waals surface area (Å²) in [4.78, 5) is 40.4. The lowest BCUT2D eigenvalue weighted by Crippen LogP contribution is -2.44. The van der Waals surface area contributed by atoms with Gasteiger partial charge in [0.2, 0.25) is 5.91 Å². The normalized spacial score (nSPS) is 18.2. The maximum Gasteiger partial charge on any atom is 0.330 e. The van der Waals surface area contributed by atoms with Crippen LogP contribution in [0.25, 0.3) is 0 Å². The first-order chi connectivity index (χ1) is 11.4. The quantitative estimate of drug-likeness (QED) is 0.788. The minimum atomic E-state index is -1.04. The number of carboxylic acid groups (broad SMARTS) is 1. The molecule has 0 fully saturated rings. The van der Waals surface area contributed by atoms with Gasteiger partial charge in [-0.25, -0.2) is 4.79 Å². The number of amides is 1. The third kappa shape index (κ3) is 4.67. The summed E-state index contributed by atoms with van der Waals surface area (Å²) in [5.74, 6) is -1.33. The zero-order valence-electron chi connectivity index (χ0n) is 13.6. The van der Waals surface area contributed by atoms with Crippen LogP contribution in [0.1, 0.15) is 19.4 Å². The molecule has 24 heavy (non-hydrogen) atoms. The van der Waals surface area contributed by atoms with E-state index in [4.69, 9.17) is 0 Å². The molecule has 2 rings (SSSR count). The van der Waals surface area contributed by atoms with Crippen LogP contribution in [0.5, 0.6) is 0 Å². The van der Waals surface area contributed by atoms with Crippen molar-refractivity contribution in [3.05, 3.63) is 41.7 Å². The summed E-state index contributed by atoms with van der Waals surface area (Å²) in [6.07, 6.45) is 5.60. The third-order valence-corrected chi connectivity index (χ3v) is 4.85. The van der Waals surface area contributed by atoms with Gasteiger partial charge in [-0.3, -0.25) is 14.6 Å². The van der Waals surface area contributed by atoms with Gasteiger partial charge in [0.15, 0.2) is 5.12 Å². The summed E-state index contributed by atoms with van der Waals surface area (Å²) in [6, 6.07) is 2.79. The molecule has 1 aromatic rings. The maximum atomic E-state index is 12.6. The van der Waals surface area contributed by atoms with Gasteiger partial charge in [0.05, 0.1) is 0 Å². The molecule has 0 radical (unpaired) electrons. The first-order valence-electron chi connectivity index (χ1n) is 7.63. The monoisotopic (exact) mass is 348 g/mol. The SMILES string of the molecule is CC(=O)SCC(C)C(=O)N1CC(Cc2ccncc2)=CC1C(=O)O. The number of carboxylic acids is 1. The number of hydrogen-bond acceptors (Lipinski definition) is 5. The van der Waals surface area contributed by atoms with E-state index < -0.39 is 17.9 Å². The molecule has 128 valence electrons. The fourth-order valence-corrected chi connectivity index (χ4v) is 3.20. The average Bonchev–Trinajstić information content (AvgIpc) is 2.96. The molecule has 0 bridgehead atoms. The van der Waals surface area contributed by atoms with E-state index >= 15 is 0 Å². The lowest BCUT2D eigenvalue weighted by molar-refractivity contribution is -0.148. The summed E-state index contributed by atoms with van der Waals surface area (Å²) in [6.45, 7) is 3.47. The number of carbonyl (C=O) groups is 3. The Hall–Kier alpha value is -2.15. The Morgan fingerprint density at radius 1 is 1.38 bits per heavy atom. The van der Waals surface area contributed by atoms with Crippen molar-refractivity contribution in [1.29, 1.82) is 0 Å². The molecule has 1 amide bonds. The lowest BCUT2D eigenvalue weighted by atomic mass is 10.1. The third-order valence-electron chi connectivity index (χ3n) is 3.78. The van der Waals surface area contributed by atoms with Gasteiger partial charge in [-0.1, -0.05) is 18.7 Å². The van der Waals surface area contributed by atoms with E-state index in [9.17, 15) is 19.5 Å². The lowest BCUT2D eigenvalue weighted by Gasteiger charge is -2.25. The van der Waals surface area contributed by atoms with Crippen LogP contribution in [0.3, 0.4) is 0 Å². The van der Waals surface area contributed by atoms with E-state index in [1.165, 1.54) is 11.8 Å². The van der Waals surface area contributed by atoms with E-state index in [1.54, 1.807) is 25.4 Å². The molecular formula is C17H20N2O4S. The number of hydrogen-bond donors (Lipinski definition) is 1. The molecule has 2 unspecified atom stereocenters. The van der Waals surface area contributed by atoms with Crippen LogP contribution < -0.4 is 0 Å². The summed E-state index contributed by atoms with van der Waals surface area (Å²) in [5, 5.41) is 9.36. The average molecular weight is 348 g/mol.